The van der Waals surface area contributed by atoms with Gasteiger partial charge in [0.05, 0.1) is 17.8 Å². The third-order valence-electron chi connectivity index (χ3n) is 2.94. The van der Waals surface area contributed by atoms with Crippen molar-refractivity contribution in [2.45, 2.75) is 4.90 Å². The number of nitrogens with one attached hydrogen (secondary N) is 1. The van der Waals surface area contributed by atoms with Gasteiger partial charge in [0.2, 0.25) is 0 Å². The summed E-state index contributed by atoms with van der Waals surface area (Å²) in [5.41, 5.74) is 0.824. The molecule has 1 heterocycles. The summed E-state index contributed by atoms with van der Waals surface area (Å²) in [4.78, 5) is -0.0295. The topological polar surface area (TPSA) is 94.3 Å². The number of nitrogens with zero attached hydrogens (tertiary/aromatic N) is 2. The van der Waals surface area contributed by atoms with Crippen molar-refractivity contribution in [1.29, 1.82) is 0 Å². The Morgan fingerprint density at radius 3 is 2.77 bits per heavy atom. The molecule has 0 fully saturated rings. The number of sulfonamides is 1. The first-order valence-corrected chi connectivity index (χ1v) is 7.95. The van der Waals surface area contributed by atoms with Crippen molar-refractivity contribution in [3.05, 3.63) is 41.4 Å². The second-order valence-corrected chi connectivity index (χ2v) is 6.40. The number of anilines is 1. The zero-order valence-corrected chi connectivity index (χ0v) is 12.9. The molecule has 0 aliphatic rings. The van der Waals surface area contributed by atoms with Gasteiger partial charge in [-0.05, 0) is 40.6 Å². The van der Waals surface area contributed by atoms with E-state index in [1.165, 1.54) is 19.2 Å². The van der Waals surface area contributed by atoms with Crippen LogP contribution < -0.4 is 9.46 Å². The Bertz CT molecular complexity index is 939. The lowest BCUT2D eigenvalue weighted by Crippen LogP contribution is -2.13. The highest BCUT2D eigenvalue weighted by Gasteiger charge is 2.20. The van der Waals surface area contributed by atoms with Gasteiger partial charge in [-0.15, -0.1) is 0 Å². The van der Waals surface area contributed by atoms with Gasteiger partial charge in [0.15, 0.2) is 5.52 Å². The summed E-state index contributed by atoms with van der Waals surface area (Å²) in [6.07, 6.45) is 0. The smallest absolute Gasteiger partial charge is 0.264 e. The van der Waals surface area contributed by atoms with E-state index in [1.54, 1.807) is 24.3 Å². The molecule has 3 aromatic rings. The Morgan fingerprint density at radius 2 is 2.05 bits per heavy atom. The summed E-state index contributed by atoms with van der Waals surface area (Å²) in [7, 11) is -2.38. The molecular formula is C13H10ClN3O4S. The van der Waals surface area contributed by atoms with Crippen LogP contribution in [0, 0.1) is 0 Å². The van der Waals surface area contributed by atoms with Crippen LogP contribution >= 0.6 is 11.6 Å². The van der Waals surface area contributed by atoms with Gasteiger partial charge >= 0.3 is 0 Å². The minimum Gasteiger partial charge on any atom is -0.495 e. The van der Waals surface area contributed by atoms with Crippen LogP contribution in [0.25, 0.3) is 11.0 Å². The van der Waals surface area contributed by atoms with Crippen molar-refractivity contribution in [2.75, 3.05) is 11.8 Å². The van der Waals surface area contributed by atoms with E-state index in [0.29, 0.717) is 22.0 Å². The normalized spacial score (nSPS) is 11.5. The lowest BCUT2D eigenvalue weighted by atomic mass is 10.3. The van der Waals surface area contributed by atoms with E-state index in [-0.39, 0.29) is 10.4 Å². The molecule has 1 aromatic heterocycles. The molecule has 0 saturated heterocycles. The molecule has 7 nitrogen and oxygen atoms in total. The molecule has 3 rings (SSSR count). The maximum atomic E-state index is 12.5. The number of aromatic nitrogens is 2. The van der Waals surface area contributed by atoms with Crippen LogP contribution in [0.1, 0.15) is 0 Å². The zero-order chi connectivity index (χ0) is 15.7. The van der Waals surface area contributed by atoms with Crippen molar-refractivity contribution in [3.63, 3.8) is 0 Å². The van der Waals surface area contributed by atoms with E-state index in [4.69, 9.17) is 16.3 Å². The van der Waals surface area contributed by atoms with Crippen LogP contribution in [0.15, 0.2) is 45.9 Å². The van der Waals surface area contributed by atoms with Crippen molar-refractivity contribution in [2.24, 2.45) is 0 Å². The van der Waals surface area contributed by atoms with E-state index < -0.39 is 10.0 Å². The minimum atomic E-state index is -3.86. The summed E-state index contributed by atoms with van der Waals surface area (Å²) >= 11 is 5.98. The van der Waals surface area contributed by atoms with Gasteiger partial charge in [0.1, 0.15) is 16.2 Å². The van der Waals surface area contributed by atoms with Crippen molar-refractivity contribution >= 4 is 38.3 Å². The number of ether oxygens (including phenoxy) is 1. The second-order valence-electron chi connectivity index (χ2n) is 4.34. The first-order chi connectivity index (χ1) is 10.5. The molecule has 0 unspecified atom stereocenters. The van der Waals surface area contributed by atoms with Crippen LogP contribution in [0.2, 0.25) is 5.02 Å². The van der Waals surface area contributed by atoms with Gasteiger partial charge in [0, 0.05) is 0 Å². The molecule has 0 saturated carbocycles. The molecule has 2 aromatic carbocycles. The number of methoxy groups -OCH3 is 1. The van der Waals surface area contributed by atoms with Gasteiger partial charge in [-0.1, -0.05) is 17.7 Å². The quantitative estimate of drug-likeness (QED) is 0.785. The highest BCUT2D eigenvalue weighted by Crippen LogP contribution is 2.29. The van der Waals surface area contributed by atoms with E-state index in [1.807, 2.05) is 0 Å². The molecule has 114 valence electrons. The van der Waals surface area contributed by atoms with Gasteiger partial charge < -0.3 is 4.74 Å². The van der Waals surface area contributed by atoms with Crippen molar-refractivity contribution < 1.29 is 17.8 Å². The highest BCUT2D eigenvalue weighted by atomic mass is 35.5. The number of rotatable bonds is 4. The monoisotopic (exact) mass is 339 g/mol. The van der Waals surface area contributed by atoms with Gasteiger partial charge in [0.25, 0.3) is 10.0 Å². The fourth-order valence-electron chi connectivity index (χ4n) is 1.94. The largest absolute Gasteiger partial charge is 0.495 e. The van der Waals surface area contributed by atoms with Crippen LogP contribution in [0.5, 0.6) is 5.75 Å². The van der Waals surface area contributed by atoms with E-state index in [0.717, 1.165) is 0 Å². The Morgan fingerprint density at radius 1 is 1.23 bits per heavy atom. The Hall–Kier alpha value is -2.32. The number of halogens is 1. The SMILES string of the molecule is COc1ccc(NS(=O)(=O)c2cccc3nonc23)cc1Cl. The fraction of sp³-hybridized carbons (Fsp3) is 0.0769. The maximum Gasteiger partial charge on any atom is 0.264 e. The highest BCUT2D eigenvalue weighted by molar-refractivity contribution is 7.93. The standard InChI is InChI=1S/C13H10ClN3O4S/c1-20-11-6-5-8(7-9(11)14)17-22(18,19)12-4-2-3-10-13(12)16-21-15-10/h2-7,17H,1H3. The van der Waals surface area contributed by atoms with Crippen LogP contribution in [0.3, 0.4) is 0 Å². The second kappa shape index (κ2) is 5.47. The molecule has 0 radical (unpaired) electrons. The molecule has 1 N–H and O–H groups in total. The third-order valence-corrected chi connectivity index (χ3v) is 4.65. The molecule has 0 aliphatic carbocycles. The fourth-order valence-corrected chi connectivity index (χ4v) is 3.40. The lowest BCUT2D eigenvalue weighted by molar-refractivity contribution is 0.315. The van der Waals surface area contributed by atoms with Crippen molar-refractivity contribution in [1.82, 2.24) is 10.3 Å². The van der Waals surface area contributed by atoms with E-state index >= 15 is 0 Å². The Balaban J connectivity index is 2.00. The van der Waals surface area contributed by atoms with Gasteiger partial charge in [-0.25, -0.2) is 13.0 Å². The lowest BCUT2D eigenvalue weighted by Gasteiger charge is -2.10. The van der Waals surface area contributed by atoms with Gasteiger partial charge in [-0.2, -0.15) is 0 Å². The molecule has 0 amide bonds. The predicted molar refractivity (Wildman–Crippen MR) is 80.6 cm³/mol. The number of hydrogen-bond donors (Lipinski definition) is 1. The van der Waals surface area contributed by atoms with Crippen molar-refractivity contribution in [3.8, 4) is 5.75 Å². The van der Waals surface area contributed by atoms with Gasteiger partial charge in [-0.3, -0.25) is 4.72 Å². The molecule has 9 heteroatoms. The molecular weight excluding hydrogens is 330 g/mol. The minimum absolute atomic E-state index is 0.0295. The summed E-state index contributed by atoms with van der Waals surface area (Å²) < 4.78 is 37.0. The summed E-state index contributed by atoms with van der Waals surface area (Å²) in [6.45, 7) is 0. The summed E-state index contributed by atoms with van der Waals surface area (Å²) in [5.74, 6) is 0.451. The first kappa shape index (κ1) is 14.6. The third kappa shape index (κ3) is 2.58. The first-order valence-electron chi connectivity index (χ1n) is 6.09. The summed E-state index contributed by atoms with van der Waals surface area (Å²) in [6, 6.07) is 9.15. The average Bonchev–Trinajstić information content (AvgIpc) is 2.95. The van der Waals surface area contributed by atoms with E-state index in [2.05, 4.69) is 19.7 Å². The molecule has 0 bridgehead atoms. The molecule has 0 atom stereocenters. The number of benzene rings is 2. The maximum absolute atomic E-state index is 12.5. The Labute approximate surface area is 130 Å². The zero-order valence-electron chi connectivity index (χ0n) is 11.3. The van der Waals surface area contributed by atoms with E-state index in [9.17, 15) is 8.42 Å². The van der Waals surface area contributed by atoms with Crippen LogP contribution in [0.4, 0.5) is 5.69 Å². The van der Waals surface area contributed by atoms with Crippen LogP contribution in [-0.2, 0) is 10.0 Å². The number of fused-ring (bicyclic) bond motifs is 1. The van der Waals surface area contributed by atoms with Crippen LogP contribution in [-0.4, -0.2) is 25.8 Å². The average molecular weight is 340 g/mol. The Kier molecular flexibility index (Phi) is 3.63. The molecule has 22 heavy (non-hydrogen) atoms. The summed E-state index contributed by atoms with van der Waals surface area (Å²) in [5, 5.41) is 7.54. The predicted octanol–water partition coefficient (Wildman–Crippen LogP) is 2.69. The molecule has 0 spiro atoms. The number of hydrogen-bond acceptors (Lipinski definition) is 6. The molecule has 0 aliphatic heterocycles.